The quantitative estimate of drug-likeness (QED) is 0.0208. The second-order valence-electron chi connectivity index (χ2n) is 15.8. The molecule has 0 aromatic heterocycles. The highest BCUT2D eigenvalue weighted by Gasteiger charge is 2.33. The Hall–Kier alpha value is -5.19. The third-order valence-electron chi connectivity index (χ3n) is 10.7. The third-order valence-corrected chi connectivity index (χ3v) is 13.9. The zero-order chi connectivity index (χ0) is 49.3. The van der Waals surface area contributed by atoms with Crippen molar-refractivity contribution >= 4 is 75.2 Å². The molecule has 2 heterocycles. The van der Waals surface area contributed by atoms with Gasteiger partial charge in [-0.05, 0) is 80.5 Å². The van der Waals surface area contributed by atoms with Crippen LogP contribution in [-0.2, 0) is 54.9 Å². The molecule has 2 aromatic carbocycles. The summed E-state index contributed by atoms with van der Waals surface area (Å²) in [5, 5.41) is 17.2. The van der Waals surface area contributed by atoms with Crippen molar-refractivity contribution in [2.45, 2.75) is 70.3 Å². The number of nitrogens with zero attached hydrogens (tertiary/aromatic N) is 2. The number of carbonyl (C=O) groups is 4. The first-order valence-electron chi connectivity index (χ1n) is 20.8. The smallest absolute Gasteiger partial charge is 0.363 e. The van der Waals surface area contributed by atoms with Gasteiger partial charge >= 0.3 is 5.97 Å². The lowest BCUT2D eigenvalue weighted by molar-refractivity contribution is -0.255. The Labute approximate surface area is 385 Å². The van der Waals surface area contributed by atoms with Crippen molar-refractivity contribution in [3.63, 3.8) is 0 Å². The van der Waals surface area contributed by atoms with Crippen LogP contribution in [0.5, 0.6) is 0 Å². The second kappa shape index (κ2) is 22.3. The van der Waals surface area contributed by atoms with Gasteiger partial charge in [-0.1, -0.05) is 18.2 Å². The zero-order valence-electron chi connectivity index (χ0n) is 35.7. The SMILES string of the molecule is O=C(ON1C(=O)CCC1=O)c1ccc(-c2c3ccc(=[N+](CCCCS(=O)(=O)O)CCCCS(=O)(=O)O)cc-3oc3cc(C(CCCS(=O)(=O)O)NCCCCS(=O)(=O)O)ccc23)c(C(=O)[O-])c1. The molecule has 67 heavy (non-hydrogen) atoms. The fourth-order valence-corrected chi connectivity index (χ4v) is 9.78. The van der Waals surface area contributed by atoms with E-state index in [4.69, 9.17) is 13.8 Å². The van der Waals surface area contributed by atoms with Gasteiger partial charge in [-0.25, -0.2) is 9.37 Å². The van der Waals surface area contributed by atoms with E-state index >= 15 is 0 Å². The standard InChI is InChI=1S/C41H49N3O19S4/c45-37-15-16-38(46)44(37)63-41(49)28-10-12-30(33(24-28)40(47)48)39-31-13-9-27(34(8-7-23-67(59,60)61)42-17-1-4-20-64(50,51)52)25-35(31)62-36-26-29(11-14-32(36)39)43(18-2-5-21-65(53,54)55)19-3-6-22-66(56,57)58/h9-14,24-26,34,42H,1-8,15-23H2,(H4-,47,48,50,51,52,53,54,55,56,57,58,59,60,61). The van der Waals surface area contributed by atoms with Crippen LogP contribution in [0.25, 0.3) is 33.4 Å². The first-order valence-corrected chi connectivity index (χ1v) is 27.3. The number of benzene rings is 3. The van der Waals surface area contributed by atoms with Crippen LogP contribution >= 0.6 is 0 Å². The lowest BCUT2D eigenvalue weighted by Gasteiger charge is -2.22. The number of unbranched alkanes of at least 4 members (excludes halogenated alkanes) is 3. The molecule has 2 aliphatic heterocycles. The molecule has 366 valence electrons. The molecule has 22 nitrogen and oxygen atoms in total. The van der Waals surface area contributed by atoms with Gasteiger partial charge in [0.15, 0.2) is 0 Å². The van der Waals surface area contributed by atoms with Gasteiger partial charge in [0.2, 0.25) is 5.36 Å². The van der Waals surface area contributed by atoms with Gasteiger partial charge in [0.1, 0.15) is 24.4 Å². The molecule has 26 heteroatoms. The topological polar surface area (TPSA) is 349 Å². The molecule has 2 aromatic rings. The lowest BCUT2D eigenvalue weighted by atomic mass is 9.89. The average Bonchev–Trinajstić information content (AvgIpc) is 3.54. The van der Waals surface area contributed by atoms with E-state index in [2.05, 4.69) is 5.32 Å². The molecule has 3 aliphatic rings. The Morgan fingerprint density at radius 3 is 1.82 bits per heavy atom. The number of hydrogen-bond donors (Lipinski definition) is 5. The van der Waals surface area contributed by atoms with Crippen LogP contribution in [0.2, 0.25) is 0 Å². The average molecular weight is 1020 g/mol. The second-order valence-corrected chi connectivity index (χ2v) is 22.1. The maximum absolute atomic E-state index is 13.1. The number of carboxylic acid groups (broad SMARTS) is 1. The van der Waals surface area contributed by atoms with Gasteiger partial charge < -0.3 is 24.5 Å². The number of fused-ring (bicyclic) bond motifs is 2. The summed E-state index contributed by atoms with van der Waals surface area (Å²) in [5.41, 5.74) is 0.419. The monoisotopic (exact) mass is 1020 g/mol. The summed E-state index contributed by atoms with van der Waals surface area (Å²) in [5.74, 6) is -6.41. The maximum atomic E-state index is 13.1. The van der Waals surface area contributed by atoms with Crippen LogP contribution in [-0.4, -0.2) is 123 Å². The molecule has 0 bridgehead atoms. The molecular weight excluding hydrogens is 967 g/mol. The van der Waals surface area contributed by atoms with E-state index in [1.165, 1.54) is 12.1 Å². The first kappa shape index (κ1) is 52.8. The number of nitrogens with one attached hydrogen (secondary N) is 1. The summed E-state index contributed by atoms with van der Waals surface area (Å²) < 4.78 is 137. The highest BCUT2D eigenvalue weighted by molar-refractivity contribution is 7.86. The Kier molecular flexibility index (Phi) is 17.5. The normalized spacial score (nSPS) is 14.2. The van der Waals surface area contributed by atoms with E-state index in [-0.39, 0.29) is 112 Å². The highest BCUT2D eigenvalue weighted by Crippen LogP contribution is 2.42. The predicted octanol–water partition coefficient (Wildman–Crippen LogP) is 1.86. The minimum Gasteiger partial charge on any atom is -0.545 e. The van der Waals surface area contributed by atoms with Crippen LogP contribution in [0.15, 0.2) is 59.0 Å². The Bertz CT molecular complexity index is 2970. The molecule has 1 unspecified atom stereocenters. The molecular formula is C41H49N3O19S4. The Morgan fingerprint density at radius 2 is 1.25 bits per heavy atom. The predicted molar refractivity (Wildman–Crippen MR) is 237 cm³/mol. The number of rotatable bonds is 25. The van der Waals surface area contributed by atoms with Crippen molar-refractivity contribution in [2.75, 3.05) is 42.6 Å². The number of carboxylic acids is 1. The van der Waals surface area contributed by atoms with Crippen molar-refractivity contribution in [2.24, 2.45) is 0 Å². The minimum atomic E-state index is -4.35. The molecule has 1 atom stereocenters. The lowest BCUT2D eigenvalue weighted by Crippen LogP contribution is -2.32. The number of hydroxylamine groups is 2. The number of hydrogen-bond acceptors (Lipinski definition) is 16. The van der Waals surface area contributed by atoms with Crippen molar-refractivity contribution in [3.8, 4) is 22.5 Å². The number of imide groups is 1. The third kappa shape index (κ3) is 16.0. The van der Waals surface area contributed by atoms with Crippen LogP contribution < -0.4 is 20.4 Å². The molecule has 0 saturated carbocycles. The van der Waals surface area contributed by atoms with Crippen molar-refractivity contribution < 1.29 is 85.4 Å². The van der Waals surface area contributed by atoms with Crippen LogP contribution in [0, 0.1) is 0 Å². The Balaban J connectivity index is 1.69. The molecule has 1 saturated heterocycles. The molecule has 0 radical (unpaired) electrons. The maximum Gasteiger partial charge on any atom is 0.363 e. The molecule has 2 amide bonds. The van der Waals surface area contributed by atoms with Crippen molar-refractivity contribution in [1.29, 1.82) is 0 Å². The number of carbonyl (C=O) groups excluding carboxylic acids is 4. The van der Waals surface area contributed by atoms with Gasteiger partial charge in [0, 0.05) is 59.9 Å². The number of aromatic carboxylic acids is 1. The summed E-state index contributed by atoms with van der Waals surface area (Å²) >= 11 is 0. The molecule has 1 fully saturated rings. The summed E-state index contributed by atoms with van der Waals surface area (Å²) in [6, 6.07) is 12.6. The summed E-state index contributed by atoms with van der Waals surface area (Å²) in [7, 11) is -17.1. The molecule has 5 rings (SSSR count). The fraction of sp³-hybridized carbons (Fsp3) is 0.439. The van der Waals surface area contributed by atoms with Gasteiger partial charge in [-0.3, -0.25) is 27.8 Å². The summed E-state index contributed by atoms with van der Waals surface area (Å²) in [4.78, 5) is 55.3. The number of amides is 2. The fourth-order valence-electron chi connectivity index (χ4n) is 7.54. The minimum absolute atomic E-state index is 0.0167. The van der Waals surface area contributed by atoms with E-state index in [9.17, 15) is 71.6 Å². The van der Waals surface area contributed by atoms with Gasteiger partial charge in [0.25, 0.3) is 52.3 Å². The van der Waals surface area contributed by atoms with Crippen LogP contribution in [0.4, 0.5) is 0 Å². The van der Waals surface area contributed by atoms with E-state index in [0.29, 0.717) is 26.9 Å². The zero-order valence-corrected chi connectivity index (χ0v) is 39.0. The summed E-state index contributed by atoms with van der Waals surface area (Å²) in [6.07, 6.45) is 0.774. The van der Waals surface area contributed by atoms with E-state index in [0.717, 1.165) is 6.07 Å². The van der Waals surface area contributed by atoms with Crippen LogP contribution in [0.1, 0.15) is 96.5 Å². The van der Waals surface area contributed by atoms with Gasteiger partial charge in [-0.2, -0.15) is 33.7 Å². The Morgan fingerprint density at radius 1 is 0.701 bits per heavy atom. The van der Waals surface area contributed by atoms with Crippen molar-refractivity contribution in [3.05, 3.63) is 76.6 Å². The van der Waals surface area contributed by atoms with Gasteiger partial charge in [0.05, 0.1) is 40.6 Å². The molecule has 1 aliphatic carbocycles. The largest absolute Gasteiger partial charge is 0.545 e. The van der Waals surface area contributed by atoms with E-state index < -0.39 is 98.8 Å². The molecule has 0 spiro atoms. The first-order chi connectivity index (χ1) is 31.3. The van der Waals surface area contributed by atoms with E-state index in [1.54, 1.807) is 41.0 Å². The molecule has 5 N–H and O–H groups in total. The van der Waals surface area contributed by atoms with Crippen LogP contribution in [0.3, 0.4) is 0 Å². The summed E-state index contributed by atoms with van der Waals surface area (Å²) in [6.45, 7) is 0.626. The van der Waals surface area contributed by atoms with E-state index in [1.807, 2.05) is 0 Å². The highest BCUT2D eigenvalue weighted by atomic mass is 32.2. The van der Waals surface area contributed by atoms with Gasteiger partial charge in [-0.15, -0.1) is 5.06 Å². The van der Waals surface area contributed by atoms with Crippen molar-refractivity contribution in [1.82, 2.24) is 15.0 Å².